The van der Waals surface area contributed by atoms with Crippen LogP contribution in [-0.2, 0) is 6.54 Å². The summed E-state index contributed by atoms with van der Waals surface area (Å²) in [4.78, 5) is 25.1. The first-order valence-electron chi connectivity index (χ1n) is 7.17. The van der Waals surface area contributed by atoms with E-state index in [2.05, 4.69) is 0 Å². The highest BCUT2D eigenvalue weighted by molar-refractivity contribution is 5.96. The summed E-state index contributed by atoms with van der Waals surface area (Å²) in [5.74, 6) is -0.356. The van der Waals surface area contributed by atoms with Gasteiger partial charge in [-0.15, -0.1) is 0 Å². The maximum Gasteiger partial charge on any atom is 0.289 e. The second kappa shape index (κ2) is 5.96. The summed E-state index contributed by atoms with van der Waals surface area (Å²) in [7, 11) is 1.71. The molecule has 3 rings (SSSR count). The molecular weight excluding hydrogens is 292 g/mol. The zero-order chi connectivity index (χ0) is 16.4. The van der Waals surface area contributed by atoms with Crippen LogP contribution in [0.2, 0.25) is 0 Å². The van der Waals surface area contributed by atoms with Gasteiger partial charge in [0.05, 0.1) is 0 Å². The molecule has 0 unspecified atom stereocenters. The highest BCUT2D eigenvalue weighted by Crippen LogP contribution is 2.20. The second-order valence-corrected chi connectivity index (χ2v) is 5.37. The maximum absolute atomic E-state index is 12.5. The van der Waals surface area contributed by atoms with E-state index in [0.29, 0.717) is 23.5 Å². The van der Waals surface area contributed by atoms with Crippen LogP contribution in [0.3, 0.4) is 0 Å². The fourth-order valence-electron chi connectivity index (χ4n) is 2.40. The van der Waals surface area contributed by atoms with Gasteiger partial charge >= 0.3 is 0 Å². The molecule has 0 radical (unpaired) electrons. The minimum Gasteiger partial charge on any atom is -0.451 e. The topological polar surface area (TPSA) is 76.5 Å². The Balaban J connectivity index is 1.75. The van der Waals surface area contributed by atoms with E-state index >= 15 is 0 Å². The van der Waals surface area contributed by atoms with Gasteiger partial charge in [-0.2, -0.15) is 0 Å². The average Bonchev–Trinajstić information content (AvgIpc) is 2.98. The molecular formula is C18H16N2O3. The lowest BCUT2D eigenvalue weighted by molar-refractivity contribution is 0.0755. The zero-order valence-electron chi connectivity index (χ0n) is 12.7. The molecule has 3 aromatic rings. The van der Waals surface area contributed by atoms with E-state index in [1.54, 1.807) is 42.3 Å². The quantitative estimate of drug-likeness (QED) is 0.805. The number of hydrogen-bond acceptors (Lipinski definition) is 3. The Kier molecular flexibility index (Phi) is 3.85. The summed E-state index contributed by atoms with van der Waals surface area (Å²) in [5, 5.41) is 0.898. The van der Waals surface area contributed by atoms with Gasteiger partial charge in [-0.25, -0.2) is 0 Å². The minimum absolute atomic E-state index is 0.194. The summed E-state index contributed by atoms with van der Waals surface area (Å²) < 4.78 is 5.59. The van der Waals surface area contributed by atoms with Crippen molar-refractivity contribution in [2.24, 2.45) is 5.73 Å². The van der Waals surface area contributed by atoms with Gasteiger partial charge in [0.25, 0.3) is 5.91 Å². The number of hydrogen-bond donors (Lipinski definition) is 1. The smallest absolute Gasteiger partial charge is 0.289 e. The minimum atomic E-state index is -0.469. The normalized spacial score (nSPS) is 10.7. The molecule has 1 aromatic heterocycles. The van der Waals surface area contributed by atoms with Gasteiger partial charge in [0.15, 0.2) is 5.76 Å². The van der Waals surface area contributed by atoms with Gasteiger partial charge in [-0.1, -0.05) is 30.3 Å². The lowest BCUT2D eigenvalue weighted by Gasteiger charge is -2.15. The van der Waals surface area contributed by atoms with Crippen molar-refractivity contribution in [2.75, 3.05) is 7.05 Å². The Hall–Kier alpha value is -3.08. The standard InChI is InChI=1S/C18H16N2O3/c1-20(11-12-6-8-13(9-7-12)17(19)21)18(22)16-10-14-4-2-3-5-15(14)23-16/h2-10H,11H2,1H3,(H2,19,21). The molecule has 0 aliphatic carbocycles. The molecule has 0 aliphatic heterocycles. The first kappa shape index (κ1) is 14.8. The lowest BCUT2D eigenvalue weighted by atomic mass is 10.1. The molecule has 0 bridgehead atoms. The summed E-state index contributed by atoms with van der Waals surface area (Å²) in [6.07, 6.45) is 0. The molecule has 5 heteroatoms. The van der Waals surface area contributed by atoms with Gasteiger partial charge in [0.2, 0.25) is 5.91 Å². The SMILES string of the molecule is CN(Cc1ccc(C(N)=O)cc1)C(=O)c1cc2ccccc2o1. The number of furan rings is 1. The number of nitrogens with two attached hydrogens (primary N) is 1. The molecule has 0 saturated carbocycles. The lowest BCUT2D eigenvalue weighted by Crippen LogP contribution is -2.25. The molecule has 1 heterocycles. The van der Waals surface area contributed by atoms with E-state index < -0.39 is 5.91 Å². The van der Waals surface area contributed by atoms with Crippen LogP contribution in [0.15, 0.2) is 59.0 Å². The van der Waals surface area contributed by atoms with Gasteiger partial charge in [0, 0.05) is 24.5 Å². The highest BCUT2D eigenvalue weighted by atomic mass is 16.3. The van der Waals surface area contributed by atoms with Crippen molar-refractivity contribution in [2.45, 2.75) is 6.54 Å². The number of fused-ring (bicyclic) bond motifs is 1. The Morgan fingerprint density at radius 2 is 1.78 bits per heavy atom. The van der Waals surface area contributed by atoms with Gasteiger partial charge in [-0.3, -0.25) is 9.59 Å². The highest BCUT2D eigenvalue weighted by Gasteiger charge is 2.17. The molecule has 2 aromatic carbocycles. The largest absolute Gasteiger partial charge is 0.451 e. The van der Waals surface area contributed by atoms with Crippen LogP contribution in [0.5, 0.6) is 0 Å². The third-order valence-electron chi connectivity index (χ3n) is 3.64. The first-order chi connectivity index (χ1) is 11.0. The van der Waals surface area contributed by atoms with Crippen molar-refractivity contribution in [3.63, 3.8) is 0 Å². The van der Waals surface area contributed by atoms with E-state index in [-0.39, 0.29) is 5.91 Å². The molecule has 2 N–H and O–H groups in total. The van der Waals surface area contributed by atoms with Crippen LogP contribution in [0, 0.1) is 0 Å². The molecule has 0 atom stereocenters. The second-order valence-electron chi connectivity index (χ2n) is 5.37. The number of benzene rings is 2. The molecule has 2 amide bonds. The van der Waals surface area contributed by atoms with E-state index in [0.717, 1.165) is 10.9 Å². The summed E-state index contributed by atoms with van der Waals surface area (Å²) >= 11 is 0. The van der Waals surface area contributed by atoms with Crippen molar-refractivity contribution < 1.29 is 14.0 Å². The molecule has 5 nitrogen and oxygen atoms in total. The van der Waals surface area contributed by atoms with Crippen LogP contribution in [0.4, 0.5) is 0 Å². The van der Waals surface area contributed by atoms with Gasteiger partial charge < -0.3 is 15.1 Å². The van der Waals surface area contributed by atoms with Crippen LogP contribution in [0.25, 0.3) is 11.0 Å². The number of para-hydroxylation sites is 1. The van der Waals surface area contributed by atoms with Gasteiger partial charge in [-0.05, 0) is 29.8 Å². The number of carbonyl (C=O) groups is 2. The van der Waals surface area contributed by atoms with Crippen molar-refractivity contribution >= 4 is 22.8 Å². The number of nitrogens with zero attached hydrogens (tertiary/aromatic N) is 1. The molecule has 0 saturated heterocycles. The van der Waals surface area contributed by atoms with Crippen molar-refractivity contribution in [3.8, 4) is 0 Å². The van der Waals surface area contributed by atoms with Crippen molar-refractivity contribution in [1.29, 1.82) is 0 Å². The molecule has 23 heavy (non-hydrogen) atoms. The zero-order valence-corrected chi connectivity index (χ0v) is 12.7. The predicted molar refractivity (Wildman–Crippen MR) is 87.0 cm³/mol. The van der Waals surface area contributed by atoms with Crippen LogP contribution < -0.4 is 5.73 Å². The monoisotopic (exact) mass is 308 g/mol. The maximum atomic E-state index is 12.5. The van der Waals surface area contributed by atoms with E-state index in [9.17, 15) is 9.59 Å². The average molecular weight is 308 g/mol. The van der Waals surface area contributed by atoms with E-state index in [1.165, 1.54) is 0 Å². The van der Waals surface area contributed by atoms with E-state index in [1.807, 2.05) is 24.3 Å². The molecule has 0 fully saturated rings. The number of primary amides is 1. The third-order valence-corrected chi connectivity index (χ3v) is 3.64. The molecule has 0 aliphatic rings. The number of carbonyl (C=O) groups excluding carboxylic acids is 2. The Morgan fingerprint density at radius 1 is 1.09 bits per heavy atom. The Bertz CT molecular complexity index is 832. The summed E-state index contributed by atoms with van der Waals surface area (Å²) in [6.45, 7) is 0.412. The van der Waals surface area contributed by atoms with E-state index in [4.69, 9.17) is 10.2 Å². The number of rotatable bonds is 4. The fourth-order valence-corrected chi connectivity index (χ4v) is 2.40. The van der Waals surface area contributed by atoms with Gasteiger partial charge in [0.1, 0.15) is 5.58 Å². The Morgan fingerprint density at radius 3 is 2.43 bits per heavy atom. The number of amides is 2. The van der Waals surface area contributed by atoms with Crippen LogP contribution in [-0.4, -0.2) is 23.8 Å². The van der Waals surface area contributed by atoms with Crippen LogP contribution >= 0.6 is 0 Å². The van der Waals surface area contributed by atoms with Crippen LogP contribution in [0.1, 0.15) is 26.5 Å². The third kappa shape index (κ3) is 3.08. The fraction of sp³-hybridized carbons (Fsp3) is 0.111. The summed E-state index contributed by atoms with van der Waals surface area (Å²) in [5.41, 5.74) is 7.25. The molecule has 0 spiro atoms. The Labute approximate surface area is 133 Å². The summed E-state index contributed by atoms with van der Waals surface area (Å²) in [6, 6.07) is 16.1. The van der Waals surface area contributed by atoms with Crippen molar-refractivity contribution in [3.05, 3.63) is 71.5 Å². The first-order valence-corrected chi connectivity index (χ1v) is 7.17. The predicted octanol–water partition coefficient (Wildman–Crippen LogP) is 2.80. The van der Waals surface area contributed by atoms with Crippen molar-refractivity contribution in [1.82, 2.24) is 4.90 Å². The molecule has 116 valence electrons.